The van der Waals surface area contributed by atoms with Gasteiger partial charge in [0.05, 0.1) is 0 Å². The highest BCUT2D eigenvalue weighted by atomic mass is 16.1. The van der Waals surface area contributed by atoms with Crippen molar-refractivity contribution in [2.75, 3.05) is 0 Å². The van der Waals surface area contributed by atoms with E-state index in [0.29, 0.717) is 0 Å². The minimum atomic E-state index is 0.835. The first-order valence-corrected chi connectivity index (χ1v) is 4.50. The Hall–Kier alpha value is -1.37. The van der Waals surface area contributed by atoms with E-state index in [-0.39, 0.29) is 0 Å². The number of aldehydes is 1. The molecule has 0 radical (unpaired) electrons. The van der Waals surface area contributed by atoms with Gasteiger partial charge in [-0.05, 0) is 36.1 Å². The fraction of sp³-hybridized carbons (Fsp3) is 0.250. The first kappa shape index (κ1) is 9.72. The topological polar surface area (TPSA) is 17.1 Å². The molecule has 1 heteroatoms. The summed E-state index contributed by atoms with van der Waals surface area (Å²) in [6, 6.07) is 8.17. The lowest BCUT2D eigenvalue weighted by Crippen LogP contribution is -1.89. The zero-order valence-corrected chi connectivity index (χ0v) is 8.08. The smallest absolute Gasteiger partial charge is 0.143 e. The number of rotatable bonds is 3. The molecule has 0 unspecified atom stereocenters. The third-order valence-corrected chi connectivity index (χ3v) is 2.14. The van der Waals surface area contributed by atoms with Crippen molar-refractivity contribution in [3.63, 3.8) is 0 Å². The van der Waals surface area contributed by atoms with E-state index in [0.717, 1.165) is 18.3 Å². The Morgan fingerprint density at radius 1 is 1.38 bits per heavy atom. The van der Waals surface area contributed by atoms with Crippen LogP contribution < -0.4 is 0 Å². The van der Waals surface area contributed by atoms with Gasteiger partial charge in [-0.3, -0.25) is 4.79 Å². The van der Waals surface area contributed by atoms with Crippen molar-refractivity contribution < 1.29 is 4.79 Å². The van der Waals surface area contributed by atoms with Crippen molar-refractivity contribution in [2.45, 2.75) is 20.3 Å². The van der Waals surface area contributed by atoms with Gasteiger partial charge in [-0.1, -0.05) is 31.2 Å². The highest BCUT2D eigenvalue weighted by Crippen LogP contribution is 2.18. The number of allylic oxidation sites excluding steroid dienone is 2. The van der Waals surface area contributed by atoms with E-state index in [4.69, 9.17) is 0 Å². The zero-order valence-electron chi connectivity index (χ0n) is 8.08. The summed E-state index contributed by atoms with van der Waals surface area (Å²) in [4.78, 5) is 10.3. The van der Waals surface area contributed by atoms with Gasteiger partial charge in [0.15, 0.2) is 0 Å². The lowest BCUT2D eigenvalue weighted by atomic mass is 9.99. The summed E-state index contributed by atoms with van der Waals surface area (Å²) >= 11 is 0. The van der Waals surface area contributed by atoms with E-state index in [1.54, 1.807) is 6.08 Å². The normalized spacial score (nSPS) is 11.4. The standard InChI is InChI=1S/C12H14O/c1-3-11-6-4-5-7-12(11)10(2)8-9-13/h4-9H,3H2,1-2H3/b10-8-. The number of benzene rings is 1. The molecule has 68 valence electrons. The minimum absolute atomic E-state index is 0.835. The van der Waals surface area contributed by atoms with Gasteiger partial charge in [0.2, 0.25) is 0 Å². The van der Waals surface area contributed by atoms with Crippen molar-refractivity contribution >= 4 is 11.9 Å². The predicted octanol–water partition coefficient (Wildman–Crippen LogP) is 2.85. The third-order valence-electron chi connectivity index (χ3n) is 2.14. The van der Waals surface area contributed by atoms with Crippen LogP contribution in [0.5, 0.6) is 0 Å². The summed E-state index contributed by atoms with van der Waals surface area (Å²) in [5.74, 6) is 0. The van der Waals surface area contributed by atoms with Crippen LogP contribution in [0.1, 0.15) is 25.0 Å². The van der Waals surface area contributed by atoms with Gasteiger partial charge < -0.3 is 0 Å². The van der Waals surface area contributed by atoms with E-state index in [9.17, 15) is 4.79 Å². The molecule has 0 heterocycles. The number of hydrogen-bond donors (Lipinski definition) is 0. The van der Waals surface area contributed by atoms with Gasteiger partial charge in [-0.2, -0.15) is 0 Å². The first-order chi connectivity index (χ1) is 6.29. The quantitative estimate of drug-likeness (QED) is 0.508. The van der Waals surface area contributed by atoms with E-state index < -0.39 is 0 Å². The Kier molecular flexibility index (Phi) is 3.44. The van der Waals surface area contributed by atoms with Gasteiger partial charge in [0.1, 0.15) is 6.29 Å². The molecule has 1 aromatic rings. The molecule has 0 saturated carbocycles. The SMILES string of the molecule is CCc1ccccc1/C(C)=C\C=O. The molecule has 1 rings (SSSR count). The second-order valence-corrected chi connectivity index (χ2v) is 3.00. The van der Waals surface area contributed by atoms with Crippen LogP contribution in [-0.2, 0) is 11.2 Å². The molecule has 0 saturated heterocycles. The first-order valence-electron chi connectivity index (χ1n) is 4.50. The summed E-state index contributed by atoms with van der Waals surface area (Å²) in [5, 5.41) is 0. The molecule has 1 nitrogen and oxygen atoms in total. The van der Waals surface area contributed by atoms with Gasteiger partial charge in [-0.25, -0.2) is 0 Å². The maximum absolute atomic E-state index is 10.3. The largest absolute Gasteiger partial charge is 0.299 e. The molecule has 0 bridgehead atoms. The van der Waals surface area contributed by atoms with Gasteiger partial charge in [0.25, 0.3) is 0 Å². The Balaban J connectivity index is 3.12. The lowest BCUT2D eigenvalue weighted by Gasteiger charge is -2.06. The molecule has 0 aliphatic rings. The van der Waals surface area contributed by atoms with E-state index in [1.165, 1.54) is 11.1 Å². The van der Waals surface area contributed by atoms with Gasteiger partial charge in [0, 0.05) is 0 Å². The molecule has 0 atom stereocenters. The summed E-state index contributed by atoms with van der Waals surface area (Å²) < 4.78 is 0. The molecule has 0 aliphatic heterocycles. The van der Waals surface area contributed by atoms with Gasteiger partial charge >= 0.3 is 0 Å². The number of hydrogen-bond acceptors (Lipinski definition) is 1. The Morgan fingerprint density at radius 3 is 2.69 bits per heavy atom. The van der Waals surface area contributed by atoms with Crippen molar-refractivity contribution in [1.82, 2.24) is 0 Å². The average molecular weight is 174 g/mol. The Labute approximate surface area is 79.1 Å². The van der Waals surface area contributed by atoms with Crippen LogP contribution in [0.2, 0.25) is 0 Å². The monoisotopic (exact) mass is 174 g/mol. The minimum Gasteiger partial charge on any atom is -0.299 e. The average Bonchev–Trinajstić information content (AvgIpc) is 2.18. The molecule has 0 amide bonds. The lowest BCUT2D eigenvalue weighted by molar-refractivity contribution is -0.104. The molecule has 0 spiro atoms. The van der Waals surface area contributed by atoms with Crippen molar-refractivity contribution in [2.24, 2.45) is 0 Å². The van der Waals surface area contributed by atoms with Crippen molar-refractivity contribution in [3.05, 3.63) is 41.5 Å². The second kappa shape index (κ2) is 4.61. The highest BCUT2D eigenvalue weighted by Gasteiger charge is 2.00. The molecule has 0 aromatic heterocycles. The predicted molar refractivity (Wildman–Crippen MR) is 55.5 cm³/mol. The van der Waals surface area contributed by atoms with Crippen LogP contribution in [0.3, 0.4) is 0 Å². The Morgan fingerprint density at radius 2 is 2.08 bits per heavy atom. The van der Waals surface area contributed by atoms with Crippen LogP contribution in [0.25, 0.3) is 5.57 Å². The summed E-state index contributed by atoms with van der Waals surface area (Å²) in [6.45, 7) is 4.08. The van der Waals surface area contributed by atoms with Crippen LogP contribution in [-0.4, -0.2) is 6.29 Å². The van der Waals surface area contributed by atoms with Gasteiger partial charge in [-0.15, -0.1) is 0 Å². The van der Waals surface area contributed by atoms with Crippen molar-refractivity contribution in [1.29, 1.82) is 0 Å². The molecule has 0 N–H and O–H groups in total. The fourth-order valence-corrected chi connectivity index (χ4v) is 1.41. The maximum Gasteiger partial charge on any atom is 0.143 e. The maximum atomic E-state index is 10.3. The zero-order chi connectivity index (χ0) is 9.68. The number of aryl methyl sites for hydroxylation is 1. The molecule has 1 aromatic carbocycles. The second-order valence-electron chi connectivity index (χ2n) is 3.00. The fourth-order valence-electron chi connectivity index (χ4n) is 1.41. The van der Waals surface area contributed by atoms with E-state index >= 15 is 0 Å². The summed E-state index contributed by atoms with van der Waals surface area (Å²) in [5.41, 5.74) is 3.50. The van der Waals surface area contributed by atoms with Crippen LogP contribution >= 0.6 is 0 Å². The highest BCUT2D eigenvalue weighted by molar-refractivity contribution is 5.81. The number of carbonyl (C=O) groups is 1. The molecule has 13 heavy (non-hydrogen) atoms. The molecule has 0 fully saturated rings. The molecular formula is C12H14O. The van der Waals surface area contributed by atoms with Crippen molar-refractivity contribution in [3.8, 4) is 0 Å². The third kappa shape index (κ3) is 2.28. The van der Waals surface area contributed by atoms with E-state index in [2.05, 4.69) is 13.0 Å². The molecular weight excluding hydrogens is 160 g/mol. The van der Waals surface area contributed by atoms with Crippen LogP contribution in [0.15, 0.2) is 30.3 Å². The summed E-state index contributed by atoms with van der Waals surface area (Å²) in [6.07, 6.45) is 3.44. The molecule has 0 aliphatic carbocycles. The van der Waals surface area contributed by atoms with E-state index in [1.807, 2.05) is 25.1 Å². The number of carbonyl (C=O) groups excluding carboxylic acids is 1. The summed E-state index contributed by atoms with van der Waals surface area (Å²) in [7, 11) is 0. The van der Waals surface area contributed by atoms with Crippen LogP contribution in [0.4, 0.5) is 0 Å². The van der Waals surface area contributed by atoms with Crippen LogP contribution in [0, 0.1) is 0 Å². The Bertz CT molecular complexity index is 324.